The normalized spacial score (nSPS) is 13.4. The van der Waals surface area contributed by atoms with Crippen LogP contribution in [0.2, 0.25) is 5.28 Å². The second-order valence-electron chi connectivity index (χ2n) is 9.01. The minimum Gasteiger partial charge on any atom is -0.264 e. The van der Waals surface area contributed by atoms with Crippen LogP contribution in [0.1, 0.15) is 25.0 Å². The van der Waals surface area contributed by atoms with Gasteiger partial charge in [-0.2, -0.15) is 9.97 Å². The summed E-state index contributed by atoms with van der Waals surface area (Å²) in [5.41, 5.74) is 8.93. The number of nitrogens with zero attached hydrogens (tertiary/aromatic N) is 4. The molecule has 0 saturated heterocycles. The molecule has 6 rings (SSSR count). The SMILES string of the molecule is CC1(C)c2ccccc2-c2ccc(-c3nc(Cl)nc(-c4cccc(-c5cccnc5)c4)n3)cc21. The molecular formula is C29H21ClN4. The molecule has 2 heterocycles. The summed E-state index contributed by atoms with van der Waals surface area (Å²) >= 11 is 6.38. The van der Waals surface area contributed by atoms with Crippen LogP contribution in [0.5, 0.6) is 0 Å². The predicted molar refractivity (Wildman–Crippen MR) is 137 cm³/mol. The van der Waals surface area contributed by atoms with Crippen LogP contribution in [-0.2, 0) is 5.41 Å². The van der Waals surface area contributed by atoms with Gasteiger partial charge in [0.2, 0.25) is 5.28 Å². The Bertz CT molecular complexity index is 1540. The molecule has 5 aromatic rings. The van der Waals surface area contributed by atoms with Gasteiger partial charge in [-0.15, -0.1) is 0 Å². The number of aromatic nitrogens is 4. The Labute approximate surface area is 203 Å². The lowest BCUT2D eigenvalue weighted by molar-refractivity contribution is 0.660. The van der Waals surface area contributed by atoms with E-state index in [0.717, 1.165) is 22.3 Å². The molecule has 0 atom stereocenters. The standard InChI is InChI=1S/C29H21ClN4/c1-29(2)24-11-4-3-10-22(24)23-13-12-20(16-25(23)29)27-32-26(33-28(30)34-27)19-8-5-7-18(15-19)21-9-6-14-31-17-21/h3-17H,1-2H3. The van der Waals surface area contributed by atoms with Gasteiger partial charge >= 0.3 is 0 Å². The van der Waals surface area contributed by atoms with Gasteiger partial charge in [-0.3, -0.25) is 4.98 Å². The number of hydrogen-bond donors (Lipinski definition) is 0. The second kappa shape index (κ2) is 7.86. The summed E-state index contributed by atoms with van der Waals surface area (Å²) in [7, 11) is 0. The minimum atomic E-state index is -0.0976. The van der Waals surface area contributed by atoms with Crippen molar-refractivity contribution in [1.29, 1.82) is 0 Å². The molecule has 4 nitrogen and oxygen atoms in total. The topological polar surface area (TPSA) is 51.6 Å². The first kappa shape index (κ1) is 20.7. The van der Waals surface area contributed by atoms with E-state index in [1.54, 1.807) is 6.20 Å². The third kappa shape index (κ3) is 3.39. The number of hydrogen-bond acceptors (Lipinski definition) is 4. The second-order valence-corrected chi connectivity index (χ2v) is 9.34. The first-order valence-corrected chi connectivity index (χ1v) is 11.6. The van der Waals surface area contributed by atoms with Gasteiger partial charge < -0.3 is 0 Å². The fourth-order valence-electron chi connectivity index (χ4n) is 4.82. The van der Waals surface area contributed by atoms with E-state index in [9.17, 15) is 0 Å². The largest absolute Gasteiger partial charge is 0.264 e. The van der Waals surface area contributed by atoms with Crippen LogP contribution in [-0.4, -0.2) is 19.9 Å². The smallest absolute Gasteiger partial charge is 0.226 e. The summed E-state index contributed by atoms with van der Waals surface area (Å²) < 4.78 is 0. The number of pyridine rings is 1. The van der Waals surface area contributed by atoms with Crippen molar-refractivity contribution in [3.63, 3.8) is 0 Å². The summed E-state index contributed by atoms with van der Waals surface area (Å²) in [5.74, 6) is 1.11. The van der Waals surface area contributed by atoms with Crippen molar-refractivity contribution >= 4 is 11.6 Å². The number of halogens is 1. The van der Waals surface area contributed by atoms with E-state index in [1.165, 1.54) is 22.3 Å². The molecule has 0 amide bonds. The molecule has 0 N–H and O–H groups in total. The fraction of sp³-hybridized carbons (Fsp3) is 0.103. The van der Waals surface area contributed by atoms with Crippen LogP contribution in [0.25, 0.3) is 45.0 Å². The van der Waals surface area contributed by atoms with E-state index in [0.29, 0.717) is 11.6 Å². The molecule has 0 spiro atoms. The van der Waals surface area contributed by atoms with E-state index >= 15 is 0 Å². The highest BCUT2D eigenvalue weighted by Gasteiger charge is 2.35. The molecule has 3 aromatic carbocycles. The molecule has 164 valence electrons. The highest BCUT2D eigenvalue weighted by atomic mass is 35.5. The maximum Gasteiger partial charge on any atom is 0.226 e. The molecule has 0 bridgehead atoms. The van der Waals surface area contributed by atoms with Crippen LogP contribution in [0, 0.1) is 0 Å². The molecule has 0 fully saturated rings. The van der Waals surface area contributed by atoms with E-state index in [1.807, 2.05) is 36.5 Å². The van der Waals surface area contributed by atoms with E-state index in [4.69, 9.17) is 16.6 Å². The Morgan fingerprint density at radius 3 is 2.12 bits per heavy atom. The highest BCUT2D eigenvalue weighted by Crippen LogP contribution is 2.49. The zero-order valence-corrected chi connectivity index (χ0v) is 19.6. The van der Waals surface area contributed by atoms with Crippen molar-refractivity contribution in [3.05, 3.63) is 108 Å². The Hall–Kier alpha value is -3.89. The maximum absolute atomic E-state index is 6.38. The predicted octanol–water partition coefficient (Wildman–Crippen LogP) is 7.23. The third-order valence-corrected chi connectivity index (χ3v) is 6.73. The molecule has 5 heteroatoms. The zero-order chi connectivity index (χ0) is 23.3. The number of fused-ring (bicyclic) bond motifs is 3. The summed E-state index contributed by atoms with van der Waals surface area (Å²) in [6.45, 7) is 4.52. The summed E-state index contributed by atoms with van der Waals surface area (Å²) in [5, 5.41) is 0.176. The first-order valence-electron chi connectivity index (χ1n) is 11.2. The molecule has 0 radical (unpaired) electrons. The maximum atomic E-state index is 6.38. The average molecular weight is 461 g/mol. The van der Waals surface area contributed by atoms with Gasteiger partial charge in [0.25, 0.3) is 0 Å². The Kier molecular flexibility index (Phi) is 4.78. The van der Waals surface area contributed by atoms with Crippen molar-refractivity contribution in [1.82, 2.24) is 19.9 Å². The number of benzene rings is 3. The molecule has 0 saturated carbocycles. The van der Waals surface area contributed by atoms with Gasteiger partial charge in [-0.1, -0.05) is 74.5 Å². The van der Waals surface area contributed by atoms with Crippen molar-refractivity contribution in [3.8, 4) is 45.0 Å². The molecule has 1 aliphatic carbocycles. The molecule has 0 unspecified atom stereocenters. The molecule has 0 aliphatic heterocycles. The summed E-state index contributed by atoms with van der Waals surface area (Å²) in [6.07, 6.45) is 3.61. The Balaban J connectivity index is 1.44. The van der Waals surface area contributed by atoms with Gasteiger partial charge in [0, 0.05) is 34.5 Å². The van der Waals surface area contributed by atoms with Gasteiger partial charge in [0.05, 0.1) is 0 Å². The first-order chi connectivity index (χ1) is 16.5. The quantitative estimate of drug-likeness (QED) is 0.285. The van der Waals surface area contributed by atoms with E-state index in [-0.39, 0.29) is 10.7 Å². The van der Waals surface area contributed by atoms with Crippen LogP contribution in [0.3, 0.4) is 0 Å². The lowest BCUT2D eigenvalue weighted by Gasteiger charge is -2.21. The van der Waals surface area contributed by atoms with Crippen molar-refractivity contribution in [2.45, 2.75) is 19.3 Å². The average Bonchev–Trinajstić information content (AvgIpc) is 3.11. The Morgan fingerprint density at radius 1 is 0.618 bits per heavy atom. The highest BCUT2D eigenvalue weighted by molar-refractivity contribution is 6.28. The molecule has 34 heavy (non-hydrogen) atoms. The fourth-order valence-corrected chi connectivity index (χ4v) is 4.98. The lowest BCUT2D eigenvalue weighted by Crippen LogP contribution is -2.15. The van der Waals surface area contributed by atoms with Crippen molar-refractivity contribution in [2.24, 2.45) is 0 Å². The summed E-state index contributed by atoms with van der Waals surface area (Å²) in [6, 6.07) is 27.0. The van der Waals surface area contributed by atoms with E-state index < -0.39 is 0 Å². The third-order valence-electron chi connectivity index (χ3n) is 6.57. The molecular weight excluding hydrogens is 440 g/mol. The monoisotopic (exact) mass is 460 g/mol. The zero-order valence-electron chi connectivity index (χ0n) is 18.8. The van der Waals surface area contributed by atoms with Crippen LogP contribution >= 0.6 is 11.6 Å². The van der Waals surface area contributed by atoms with Gasteiger partial charge in [-0.25, -0.2) is 4.98 Å². The molecule has 1 aliphatic rings. The van der Waals surface area contributed by atoms with Crippen LogP contribution < -0.4 is 0 Å². The van der Waals surface area contributed by atoms with Gasteiger partial charge in [0.1, 0.15) is 0 Å². The van der Waals surface area contributed by atoms with E-state index in [2.05, 4.69) is 77.3 Å². The number of rotatable bonds is 3. The van der Waals surface area contributed by atoms with Crippen molar-refractivity contribution in [2.75, 3.05) is 0 Å². The van der Waals surface area contributed by atoms with Crippen LogP contribution in [0.4, 0.5) is 0 Å². The minimum absolute atomic E-state index is 0.0976. The Morgan fingerprint density at radius 2 is 1.32 bits per heavy atom. The van der Waals surface area contributed by atoms with Crippen LogP contribution in [0.15, 0.2) is 91.3 Å². The summed E-state index contributed by atoms with van der Waals surface area (Å²) in [4.78, 5) is 17.9. The lowest BCUT2D eigenvalue weighted by atomic mass is 9.82. The molecule has 2 aromatic heterocycles. The van der Waals surface area contributed by atoms with Gasteiger partial charge in [-0.05, 0) is 57.6 Å². The van der Waals surface area contributed by atoms with Crippen molar-refractivity contribution < 1.29 is 0 Å². The van der Waals surface area contributed by atoms with Gasteiger partial charge in [0.15, 0.2) is 11.6 Å².